The number of rotatable bonds is 9. The van der Waals surface area contributed by atoms with Crippen molar-refractivity contribution >= 4 is 23.4 Å². The Bertz CT molecular complexity index is 1160. The van der Waals surface area contributed by atoms with Crippen molar-refractivity contribution in [3.8, 4) is 5.75 Å². The molecule has 4 rings (SSSR count). The monoisotopic (exact) mass is 471 g/mol. The molecule has 0 aromatic heterocycles. The van der Waals surface area contributed by atoms with Gasteiger partial charge in [0.2, 0.25) is 11.8 Å². The van der Waals surface area contributed by atoms with E-state index in [1.54, 1.807) is 29.2 Å². The van der Waals surface area contributed by atoms with Crippen LogP contribution in [0.2, 0.25) is 0 Å². The van der Waals surface area contributed by atoms with E-state index in [0.717, 1.165) is 11.1 Å². The summed E-state index contributed by atoms with van der Waals surface area (Å²) in [5.41, 5.74) is 3.90. The summed E-state index contributed by atoms with van der Waals surface area (Å²) in [5, 5.41) is 5.75. The molecule has 1 heterocycles. The molecule has 0 unspecified atom stereocenters. The third-order valence-corrected chi connectivity index (χ3v) is 5.93. The average molecular weight is 472 g/mol. The summed E-state index contributed by atoms with van der Waals surface area (Å²) in [5.74, 6) is -0.288. The number of ether oxygens (including phenoxy) is 1. The Morgan fingerprint density at radius 2 is 1.54 bits per heavy atom. The Balaban J connectivity index is 1.23. The lowest BCUT2D eigenvalue weighted by Crippen LogP contribution is -2.32. The lowest BCUT2D eigenvalue weighted by molar-refractivity contribution is -0.126. The predicted octanol–water partition coefficient (Wildman–Crippen LogP) is 3.36. The molecule has 3 aromatic carbocycles. The van der Waals surface area contributed by atoms with Gasteiger partial charge in [-0.1, -0.05) is 60.2 Å². The maximum Gasteiger partial charge on any atom is 0.258 e. The normalized spacial score (nSPS) is 15.1. The second-order valence-corrected chi connectivity index (χ2v) is 8.65. The summed E-state index contributed by atoms with van der Waals surface area (Å²) in [6.07, 6.45) is 0.180. The molecule has 2 N–H and O–H groups in total. The highest BCUT2D eigenvalue weighted by atomic mass is 16.5. The van der Waals surface area contributed by atoms with E-state index >= 15 is 0 Å². The first kappa shape index (κ1) is 24.0. The Hall–Kier alpha value is -4.13. The molecule has 1 atom stereocenters. The number of benzene rings is 3. The molecule has 0 aliphatic carbocycles. The zero-order chi connectivity index (χ0) is 24.6. The minimum Gasteiger partial charge on any atom is -0.484 e. The van der Waals surface area contributed by atoms with Crippen molar-refractivity contribution in [2.24, 2.45) is 5.92 Å². The number of carbonyl (C=O) groups is 3. The highest BCUT2D eigenvalue weighted by Crippen LogP contribution is 2.27. The summed E-state index contributed by atoms with van der Waals surface area (Å²) in [6, 6.07) is 24.6. The fourth-order valence-electron chi connectivity index (χ4n) is 3.89. The van der Waals surface area contributed by atoms with Gasteiger partial charge in [0.05, 0.1) is 5.92 Å². The minimum absolute atomic E-state index is 0.0885. The zero-order valence-electron chi connectivity index (χ0n) is 19.7. The van der Waals surface area contributed by atoms with Gasteiger partial charge < -0.3 is 20.3 Å². The maximum atomic E-state index is 12.6. The summed E-state index contributed by atoms with van der Waals surface area (Å²) in [6.45, 7) is 3.13. The highest BCUT2D eigenvalue weighted by molar-refractivity contribution is 6.00. The van der Waals surface area contributed by atoms with Gasteiger partial charge in [0.25, 0.3) is 5.91 Å². The predicted molar refractivity (Wildman–Crippen MR) is 134 cm³/mol. The van der Waals surface area contributed by atoms with Crippen LogP contribution in [0, 0.1) is 12.8 Å². The quantitative estimate of drug-likeness (QED) is 0.501. The summed E-state index contributed by atoms with van der Waals surface area (Å²) < 4.78 is 5.56. The number of nitrogens with zero attached hydrogens (tertiary/aromatic N) is 1. The van der Waals surface area contributed by atoms with Crippen molar-refractivity contribution in [2.45, 2.75) is 26.4 Å². The minimum atomic E-state index is -0.391. The Kier molecular flexibility index (Phi) is 7.77. The smallest absolute Gasteiger partial charge is 0.258 e. The largest absolute Gasteiger partial charge is 0.484 e. The number of nitrogens with one attached hydrogen (secondary N) is 2. The van der Waals surface area contributed by atoms with Gasteiger partial charge in [-0.25, -0.2) is 0 Å². The fraction of sp³-hybridized carbons (Fsp3) is 0.250. The first-order chi connectivity index (χ1) is 17.0. The van der Waals surface area contributed by atoms with Crippen molar-refractivity contribution in [1.29, 1.82) is 0 Å². The number of anilines is 1. The number of carbonyl (C=O) groups excluding carboxylic acids is 3. The average Bonchev–Trinajstić information content (AvgIpc) is 3.28. The standard InChI is InChI=1S/C28H29N3O4/c1-20-7-9-22(10-8-20)17-30-28(34)23-15-27(33)31(18-23)24-11-13-25(14-12-24)35-19-26(32)29-16-21-5-3-2-4-6-21/h2-14,23H,15-19H2,1H3,(H,29,32)(H,30,34)/t23-/m0/s1. The molecule has 35 heavy (non-hydrogen) atoms. The van der Waals surface area contributed by atoms with Crippen molar-refractivity contribution in [3.63, 3.8) is 0 Å². The number of hydrogen-bond donors (Lipinski definition) is 2. The summed E-state index contributed by atoms with van der Waals surface area (Å²) in [7, 11) is 0. The second-order valence-electron chi connectivity index (χ2n) is 8.65. The summed E-state index contributed by atoms with van der Waals surface area (Å²) in [4.78, 5) is 38.8. The van der Waals surface area contributed by atoms with Crippen LogP contribution in [0.5, 0.6) is 5.75 Å². The van der Waals surface area contributed by atoms with Gasteiger partial charge in [0.15, 0.2) is 6.61 Å². The molecule has 0 radical (unpaired) electrons. The number of amides is 3. The molecule has 1 fully saturated rings. The van der Waals surface area contributed by atoms with E-state index in [1.165, 1.54) is 5.56 Å². The Labute approximate surface area is 205 Å². The molecule has 0 spiro atoms. The van der Waals surface area contributed by atoms with Crippen LogP contribution in [-0.4, -0.2) is 30.9 Å². The lowest BCUT2D eigenvalue weighted by atomic mass is 10.1. The molecule has 3 aromatic rings. The van der Waals surface area contributed by atoms with E-state index in [0.29, 0.717) is 31.1 Å². The van der Waals surface area contributed by atoms with Crippen molar-refractivity contribution in [1.82, 2.24) is 10.6 Å². The highest BCUT2D eigenvalue weighted by Gasteiger charge is 2.35. The maximum absolute atomic E-state index is 12.6. The van der Waals surface area contributed by atoms with Gasteiger partial charge in [-0.05, 0) is 42.3 Å². The van der Waals surface area contributed by atoms with E-state index in [9.17, 15) is 14.4 Å². The van der Waals surface area contributed by atoms with Crippen LogP contribution in [0.1, 0.15) is 23.1 Å². The van der Waals surface area contributed by atoms with Crippen molar-refractivity contribution < 1.29 is 19.1 Å². The zero-order valence-corrected chi connectivity index (χ0v) is 19.7. The van der Waals surface area contributed by atoms with Gasteiger partial charge in [-0.15, -0.1) is 0 Å². The Morgan fingerprint density at radius 1 is 0.886 bits per heavy atom. The molecule has 3 amide bonds. The number of hydrogen-bond acceptors (Lipinski definition) is 4. The van der Waals surface area contributed by atoms with Gasteiger partial charge in [0.1, 0.15) is 5.75 Å². The van der Waals surface area contributed by atoms with Crippen LogP contribution in [0.3, 0.4) is 0 Å². The van der Waals surface area contributed by atoms with Crippen LogP contribution < -0.4 is 20.3 Å². The van der Waals surface area contributed by atoms with E-state index in [2.05, 4.69) is 10.6 Å². The third-order valence-electron chi connectivity index (χ3n) is 5.93. The van der Waals surface area contributed by atoms with Crippen LogP contribution in [-0.2, 0) is 27.5 Å². The first-order valence-corrected chi connectivity index (χ1v) is 11.6. The molecule has 0 saturated carbocycles. The SMILES string of the molecule is Cc1ccc(CNC(=O)[C@H]2CC(=O)N(c3ccc(OCC(=O)NCc4ccccc4)cc3)C2)cc1. The molecule has 7 nitrogen and oxygen atoms in total. The fourth-order valence-corrected chi connectivity index (χ4v) is 3.89. The lowest BCUT2D eigenvalue weighted by Gasteiger charge is -2.17. The van der Waals surface area contributed by atoms with E-state index < -0.39 is 5.92 Å². The number of aryl methyl sites for hydroxylation is 1. The topological polar surface area (TPSA) is 87.7 Å². The van der Waals surface area contributed by atoms with E-state index in [1.807, 2.05) is 61.5 Å². The van der Waals surface area contributed by atoms with Gasteiger partial charge in [-0.3, -0.25) is 14.4 Å². The molecule has 180 valence electrons. The molecular formula is C28H29N3O4. The Morgan fingerprint density at radius 3 is 2.26 bits per heavy atom. The second kappa shape index (κ2) is 11.3. The summed E-state index contributed by atoms with van der Waals surface area (Å²) >= 11 is 0. The van der Waals surface area contributed by atoms with Gasteiger partial charge in [0, 0.05) is 31.7 Å². The van der Waals surface area contributed by atoms with Crippen molar-refractivity contribution in [3.05, 3.63) is 95.6 Å². The van der Waals surface area contributed by atoms with Crippen molar-refractivity contribution in [2.75, 3.05) is 18.1 Å². The molecular weight excluding hydrogens is 442 g/mol. The van der Waals surface area contributed by atoms with E-state index in [-0.39, 0.29) is 30.7 Å². The van der Waals surface area contributed by atoms with Crippen LogP contribution in [0.4, 0.5) is 5.69 Å². The van der Waals surface area contributed by atoms with Crippen LogP contribution in [0.25, 0.3) is 0 Å². The first-order valence-electron chi connectivity index (χ1n) is 11.6. The third kappa shape index (κ3) is 6.69. The molecule has 1 aliphatic heterocycles. The molecule has 7 heteroatoms. The van der Waals surface area contributed by atoms with Gasteiger partial charge in [-0.2, -0.15) is 0 Å². The molecule has 1 saturated heterocycles. The molecule has 0 bridgehead atoms. The van der Waals surface area contributed by atoms with Crippen LogP contribution in [0.15, 0.2) is 78.9 Å². The van der Waals surface area contributed by atoms with E-state index in [4.69, 9.17) is 4.74 Å². The van der Waals surface area contributed by atoms with Crippen LogP contribution >= 0.6 is 0 Å². The van der Waals surface area contributed by atoms with Gasteiger partial charge >= 0.3 is 0 Å². The molecule has 1 aliphatic rings.